The molecule has 5 heteroatoms. The number of aromatic nitrogens is 2. The SMILES string of the molecule is CCN(CC(C)(C)O)c1cc(Br)ncn1. The fourth-order valence-electron chi connectivity index (χ4n) is 1.32. The maximum atomic E-state index is 9.75. The van der Waals surface area contributed by atoms with Gasteiger partial charge in [0.05, 0.1) is 5.60 Å². The number of likely N-dealkylation sites (N-methyl/N-ethyl adjacent to an activating group) is 1. The fraction of sp³-hybridized carbons (Fsp3) is 0.600. The monoisotopic (exact) mass is 273 g/mol. The Morgan fingerprint density at radius 2 is 2.13 bits per heavy atom. The van der Waals surface area contributed by atoms with E-state index in [1.165, 1.54) is 6.33 Å². The van der Waals surface area contributed by atoms with Gasteiger partial charge in [-0.15, -0.1) is 0 Å². The number of hydrogen-bond donors (Lipinski definition) is 1. The van der Waals surface area contributed by atoms with Crippen LogP contribution in [0.25, 0.3) is 0 Å². The van der Waals surface area contributed by atoms with Gasteiger partial charge < -0.3 is 10.0 Å². The van der Waals surface area contributed by atoms with E-state index in [-0.39, 0.29) is 0 Å². The zero-order chi connectivity index (χ0) is 11.5. The topological polar surface area (TPSA) is 49.2 Å². The van der Waals surface area contributed by atoms with Gasteiger partial charge in [0.2, 0.25) is 0 Å². The lowest BCUT2D eigenvalue weighted by atomic mass is 10.1. The first kappa shape index (κ1) is 12.4. The normalized spacial score (nSPS) is 11.5. The van der Waals surface area contributed by atoms with Crippen molar-refractivity contribution in [1.82, 2.24) is 9.97 Å². The quantitative estimate of drug-likeness (QED) is 0.851. The average Bonchev–Trinajstić information content (AvgIpc) is 2.13. The number of hydrogen-bond acceptors (Lipinski definition) is 4. The molecule has 0 radical (unpaired) electrons. The molecule has 1 heterocycles. The number of anilines is 1. The zero-order valence-corrected chi connectivity index (χ0v) is 10.8. The van der Waals surface area contributed by atoms with Gasteiger partial charge in [0.15, 0.2) is 0 Å². The summed E-state index contributed by atoms with van der Waals surface area (Å²) < 4.78 is 0.752. The van der Waals surface area contributed by atoms with Gasteiger partial charge in [-0.1, -0.05) is 0 Å². The summed E-state index contributed by atoms with van der Waals surface area (Å²) in [4.78, 5) is 10.1. The molecule has 0 spiro atoms. The summed E-state index contributed by atoms with van der Waals surface area (Å²) in [5.41, 5.74) is -0.729. The molecular weight excluding hydrogens is 258 g/mol. The first-order chi connectivity index (χ1) is 6.92. The molecular formula is C10H16BrN3O. The molecule has 0 saturated heterocycles. The molecule has 0 fully saturated rings. The molecule has 1 rings (SSSR count). The van der Waals surface area contributed by atoms with Crippen LogP contribution in [0.4, 0.5) is 5.82 Å². The van der Waals surface area contributed by atoms with Gasteiger partial charge in [0.1, 0.15) is 16.7 Å². The van der Waals surface area contributed by atoms with Gasteiger partial charge >= 0.3 is 0 Å². The molecule has 4 nitrogen and oxygen atoms in total. The summed E-state index contributed by atoms with van der Waals surface area (Å²) in [5, 5.41) is 9.75. The van der Waals surface area contributed by atoms with Crippen LogP contribution in [0.15, 0.2) is 17.0 Å². The highest BCUT2D eigenvalue weighted by Crippen LogP contribution is 2.16. The van der Waals surface area contributed by atoms with Crippen LogP contribution in [0.2, 0.25) is 0 Å². The second-order valence-electron chi connectivity index (χ2n) is 4.03. The predicted octanol–water partition coefficient (Wildman–Crippen LogP) is 1.84. The number of rotatable bonds is 4. The third-order valence-corrected chi connectivity index (χ3v) is 2.34. The van der Waals surface area contributed by atoms with Gasteiger partial charge in [0, 0.05) is 19.2 Å². The van der Waals surface area contributed by atoms with Crippen LogP contribution < -0.4 is 4.90 Å². The van der Waals surface area contributed by atoms with E-state index in [9.17, 15) is 5.11 Å². The molecule has 0 aromatic carbocycles. The molecule has 1 N–H and O–H groups in total. The van der Waals surface area contributed by atoms with E-state index in [2.05, 4.69) is 25.9 Å². The number of halogens is 1. The van der Waals surface area contributed by atoms with Crippen molar-refractivity contribution >= 4 is 21.7 Å². The summed E-state index contributed by atoms with van der Waals surface area (Å²) in [7, 11) is 0. The van der Waals surface area contributed by atoms with Crippen molar-refractivity contribution in [3.63, 3.8) is 0 Å². The van der Waals surface area contributed by atoms with Gasteiger partial charge in [-0.05, 0) is 36.7 Å². The Morgan fingerprint density at radius 3 is 2.60 bits per heavy atom. The molecule has 15 heavy (non-hydrogen) atoms. The van der Waals surface area contributed by atoms with Crippen molar-refractivity contribution in [3.05, 3.63) is 17.0 Å². The highest BCUT2D eigenvalue weighted by Gasteiger charge is 2.18. The van der Waals surface area contributed by atoms with Crippen LogP contribution in [0.5, 0.6) is 0 Å². The maximum absolute atomic E-state index is 9.75. The lowest BCUT2D eigenvalue weighted by Crippen LogP contribution is -2.39. The average molecular weight is 274 g/mol. The Hall–Kier alpha value is -0.680. The zero-order valence-electron chi connectivity index (χ0n) is 9.24. The van der Waals surface area contributed by atoms with E-state index in [4.69, 9.17) is 0 Å². The fourth-order valence-corrected chi connectivity index (χ4v) is 1.62. The Labute approximate surface area is 98.5 Å². The number of aliphatic hydroxyl groups is 1. The molecule has 0 saturated carbocycles. The van der Waals surface area contributed by atoms with Crippen LogP contribution in [-0.2, 0) is 0 Å². The minimum Gasteiger partial charge on any atom is -0.389 e. The van der Waals surface area contributed by atoms with E-state index in [0.29, 0.717) is 6.54 Å². The highest BCUT2D eigenvalue weighted by atomic mass is 79.9. The Balaban J connectivity index is 2.83. The first-order valence-corrected chi connectivity index (χ1v) is 5.66. The van der Waals surface area contributed by atoms with Crippen molar-refractivity contribution in [2.24, 2.45) is 0 Å². The second kappa shape index (κ2) is 4.90. The van der Waals surface area contributed by atoms with Crippen molar-refractivity contribution < 1.29 is 5.11 Å². The van der Waals surface area contributed by atoms with Gasteiger partial charge in [-0.2, -0.15) is 0 Å². The molecule has 1 aromatic heterocycles. The van der Waals surface area contributed by atoms with Crippen LogP contribution in [-0.4, -0.2) is 33.8 Å². The Morgan fingerprint density at radius 1 is 1.47 bits per heavy atom. The van der Waals surface area contributed by atoms with Crippen LogP contribution in [0.1, 0.15) is 20.8 Å². The van der Waals surface area contributed by atoms with E-state index in [0.717, 1.165) is 17.0 Å². The summed E-state index contributed by atoms with van der Waals surface area (Å²) in [5.74, 6) is 0.821. The van der Waals surface area contributed by atoms with Crippen molar-refractivity contribution in [1.29, 1.82) is 0 Å². The number of nitrogens with zero attached hydrogens (tertiary/aromatic N) is 3. The summed E-state index contributed by atoms with van der Waals surface area (Å²) in [6.07, 6.45) is 1.51. The molecule has 0 aliphatic heterocycles. The third-order valence-electron chi connectivity index (χ3n) is 1.90. The Bertz CT molecular complexity index is 325. The molecule has 84 valence electrons. The van der Waals surface area contributed by atoms with E-state index in [1.807, 2.05) is 17.9 Å². The smallest absolute Gasteiger partial charge is 0.133 e. The third kappa shape index (κ3) is 4.13. The van der Waals surface area contributed by atoms with Crippen molar-refractivity contribution in [2.45, 2.75) is 26.4 Å². The molecule has 1 aromatic rings. The predicted molar refractivity (Wildman–Crippen MR) is 63.9 cm³/mol. The second-order valence-corrected chi connectivity index (χ2v) is 4.84. The summed E-state index contributed by atoms with van der Waals surface area (Å²) in [6.45, 7) is 6.94. The molecule has 0 bridgehead atoms. The molecule has 0 aliphatic rings. The highest BCUT2D eigenvalue weighted by molar-refractivity contribution is 9.10. The first-order valence-electron chi connectivity index (χ1n) is 4.87. The van der Waals surface area contributed by atoms with Gasteiger partial charge in [-0.25, -0.2) is 9.97 Å². The minimum absolute atomic E-state index is 0.549. The summed E-state index contributed by atoms with van der Waals surface area (Å²) in [6, 6.07) is 1.84. The molecule has 0 unspecified atom stereocenters. The van der Waals surface area contributed by atoms with E-state index >= 15 is 0 Å². The van der Waals surface area contributed by atoms with Crippen LogP contribution in [0.3, 0.4) is 0 Å². The van der Waals surface area contributed by atoms with E-state index < -0.39 is 5.60 Å². The molecule has 0 amide bonds. The minimum atomic E-state index is -0.729. The van der Waals surface area contributed by atoms with Crippen molar-refractivity contribution in [2.75, 3.05) is 18.0 Å². The standard InChI is InChI=1S/C10H16BrN3O/c1-4-14(6-10(2,3)15)9-5-8(11)12-7-13-9/h5,7,15H,4,6H2,1-3H3. The van der Waals surface area contributed by atoms with Gasteiger partial charge in [-0.3, -0.25) is 0 Å². The lowest BCUT2D eigenvalue weighted by Gasteiger charge is -2.28. The van der Waals surface area contributed by atoms with Crippen molar-refractivity contribution in [3.8, 4) is 0 Å². The maximum Gasteiger partial charge on any atom is 0.133 e. The van der Waals surface area contributed by atoms with E-state index in [1.54, 1.807) is 13.8 Å². The lowest BCUT2D eigenvalue weighted by molar-refractivity contribution is 0.0874. The Kier molecular flexibility index (Phi) is 4.04. The van der Waals surface area contributed by atoms with Gasteiger partial charge in [0.25, 0.3) is 0 Å². The summed E-state index contributed by atoms with van der Waals surface area (Å²) >= 11 is 3.30. The van der Waals surface area contributed by atoms with Crippen LogP contribution in [0, 0.1) is 0 Å². The van der Waals surface area contributed by atoms with Crippen LogP contribution >= 0.6 is 15.9 Å². The molecule has 0 aliphatic carbocycles. The molecule has 0 atom stereocenters. The largest absolute Gasteiger partial charge is 0.389 e.